The van der Waals surface area contributed by atoms with Crippen LogP contribution in [0.1, 0.15) is 355 Å². The van der Waals surface area contributed by atoms with Crippen molar-refractivity contribution >= 4 is 17.9 Å². The zero-order valence-electron chi connectivity index (χ0n) is 51.5. The van der Waals surface area contributed by atoms with Crippen LogP contribution in [0.25, 0.3) is 0 Å². The van der Waals surface area contributed by atoms with E-state index in [4.69, 9.17) is 14.2 Å². The van der Waals surface area contributed by atoms with Gasteiger partial charge in [-0.3, -0.25) is 14.4 Å². The Morgan fingerprint density at radius 2 is 0.506 bits per heavy atom. The van der Waals surface area contributed by atoms with E-state index in [1.807, 2.05) is 0 Å². The maximum absolute atomic E-state index is 12.9. The molecule has 6 nitrogen and oxygen atoms in total. The van der Waals surface area contributed by atoms with Gasteiger partial charge in [-0.15, -0.1) is 0 Å². The summed E-state index contributed by atoms with van der Waals surface area (Å²) in [6.07, 6.45) is 83.9. The van der Waals surface area contributed by atoms with Crippen LogP contribution in [0.5, 0.6) is 0 Å². The van der Waals surface area contributed by atoms with Gasteiger partial charge in [0.05, 0.1) is 0 Å². The van der Waals surface area contributed by atoms with E-state index in [-0.39, 0.29) is 37.5 Å². The smallest absolute Gasteiger partial charge is 0.306 e. The topological polar surface area (TPSA) is 78.9 Å². The predicted octanol–water partition coefficient (Wildman–Crippen LogP) is 23.1. The number of ether oxygens (including phenoxy) is 3. The Labute approximate surface area is 479 Å². The number of esters is 3. The average molecular weight is 1080 g/mol. The average Bonchev–Trinajstić information content (AvgIpc) is 3.43. The summed E-state index contributed by atoms with van der Waals surface area (Å²) in [5, 5.41) is 0. The normalized spacial score (nSPS) is 12.4. The first-order valence-electron chi connectivity index (χ1n) is 33.8. The second-order valence-corrected chi connectivity index (χ2v) is 22.7. The molecule has 77 heavy (non-hydrogen) atoms. The molecule has 0 aliphatic heterocycles. The molecule has 0 aliphatic carbocycles. The van der Waals surface area contributed by atoms with Gasteiger partial charge < -0.3 is 14.2 Å². The van der Waals surface area contributed by atoms with Gasteiger partial charge in [0.25, 0.3) is 0 Å². The third kappa shape index (κ3) is 63.8. The molecule has 0 bridgehead atoms. The summed E-state index contributed by atoms with van der Waals surface area (Å²) < 4.78 is 16.9. The van der Waals surface area contributed by atoms with Crippen LogP contribution in [0.4, 0.5) is 0 Å². The van der Waals surface area contributed by atoms with Gasteiger partial charge in [0, 0.05) is 19.3 Å². The largest absolute Gasteiger partial charge is 0.462 e. The van der Waals surface area contributed by atoms with Gasteiger partial charge in [0.1, 0.15) is 13.2 Å². The first-order valence-corrected chi connectivity index (χ1v) is 33.8. The molecule has 1 atom stereocenters. The number of carbonyl (C=O) groups excluding carboxylic acids is 3. The lowest BCUT2D eigenvalue weighted by Gasteiger charge is -2.18. The maximum Gasteiger partial charge on any atom is 0.306 e. The van der Waals surface area contributed by atoms with Crippen molar-refractivity contribution in [3.8, 4) is 0 Å². The third-order valence-electron chi connectivity index (χ3n) is 15.0. The molecule has 0 rings (SSSR count). The molecule has 6 heteroatoms. The van der Waals surface area contributed by atoms with Gasteiger partial charge in [0.2, 0.25) is 0 Å². The van der Waals surface area contributed by atoms with E-state index in [0.717, 1.165) is 77.0 Å². The second-order valence-electron chi connectivity index (χ2n) is 22.7. The summed E-state index contributed by atoms with van der Waals surface area (Å²) in [6.45, 7) is 6.55. The van der Waals surface area contributed by atoms with Crippen molar-refractivity contribution in [3.63, 3.8) is 0 Å². The number of hydrogen-bond acceptors (Lipinski definition) is 6. The first kappa shape index (κ1) is 74.1. The Kier molecular flexibility index (Phi) is 63.2. The lowest BCUT2D eigenvalue weighted by molar-refractivity contribution is -0.167. The van der Waals surface area contributed by atoms with E-state index < -0.39 is 6.10 Å². The second kappa shape index (κ2) is 65.6. The number of rotatable bonds is 62. The highest BCUT2D eigenvalue weighted by molar-refractivity contribution is 5.71. The van der Waals surface area contributed by atoms with E-state index >= 15 is 0 Å². The van der Waals surface area contributed by atoms with Crippen molar-refractivity contribution in [2.45, 2.75) is 361 Å². The molecule has 0 amide bonds. The van der Waals surface area contributed by atoms with Gasteiger partial charge in [0.15, 0.2) is 6.10 Å². The fourth-order valence-corrected chi connectivity index (χ4v) is 10.0. The molecule has 0 radical (unpaired) electrons. The van der Waals surface area contributed by atoms with Crippen LogP contribution in [0, 0.1) is 0 Å². The Bertz CT molecular complexity index is 1380. The molecule has 0 saturated heterocycles. The fraction of sp³-hybridized carbons (Fsp3) is 0.817. The SMILES string of the molecule is CC/C=C\C/C=C\C/C=C\C/C=C\C/C=C\CCCC(=O)OC[C@H](COC(=O)CCCCCCCCCCCCCCCCCCCCCCC)OC(=O)CCCCCCCCCCCCCCCCCCCCCCC. The Morgan fingerprint density at radius 3 is 0.792 bits per heavy atom. The minimum atomic E-state index is -0.795. The quantitative estimate of drug-likeness (QED) is 0.0261. The van der Waals surface area contributed by atoms with E-state index in [1.165, 1.54) is 231 Å². The van der Waals surface area contributed by atoms with Gasteiger partial charge in [-0.1, -0.05) is 338 Å². The van der Waals surface area contributed by atoms with Gasteiger partial charge in [-0.05, 0) is 57.8 Å². The predicted molar refractivity (Wildman–Crippen MR) is 335 cm³/mol. The van der Waals surface area contributed by atoms with Gasteiger partial charge >= 0.3 is 17.9 Å². The first-order chi connectivity index (χ1) is 38.0. The zero-order valence-corrected chi connectivity index (χ0v) is 51.5. The minimum Gasteiger partial charge on any atom is -0.462 e. The van der Waals surface area contributed by atoms with Crippen LogP contribution in [-0.2, 0) is 28.6 Å². The van der Waals surface area contributed by atoms with Crippen LogP contribution in [0.2, 0.25) is 0 Å². The van der Waals surface area contributed by atoms with E-state index in [9.17, 15) is 14.4 Å². The number of carbonyl (C=O) groups is 3. The Morgan fingerprint density at radius 1 is 0.273 bits per heavy atom. The Balaban J connectivity index is 4.37. The van der Waals surface area contributed by atoms with Crippen LogP contribution in [-0.4, -0.2) is 37.2 Å². The molecule has 0 aromatic rings. The molecule has 0 aromatic heterocycles. The highest BCUT2D eigenvalue weighted by Crippen LogP contribution is 2.18. The van der Waals surface area contributed by atoms with Crippen molar-refractivity contribution in [2.24, 2.45) is 0 Å². The van der Waals surface area contributed by atoms with Gasteiger partial charge in [-0.2, -0.15) is 0 Å². The molecule has 0 aliphatic rings. The summed E-state index contributed by atoms with van der Waals surface area (Å²) in [7, 11) is 0. The fourth-order valence-electron chi connectivity index (χ4n) is 10.0. The Hall–Kier alpha value is -2.89. The summed E-state index contributed by atoms with van der Waals surface area (Å²) in [6, 6.07) is 0. The lowest BCUT2D eigenvalue weighted by Crippen LogP contribution is -2.30. The zero-order chi connectivity index (χ0) is 55.7. The highest BCUT2D eigenvalue weighted by Gasteiger charge is 2.19. The van der Waals surface area contributed by atoms with Crippen LogP contribution in [0.3, 0.4) is 0 Å². The summed E-state index contributed by atoms with van der Waals surface area (Å²) in [5.41, 5.74) is 0. The molecular weight excluding hydrogens is 949 g/mol. The summed E-state index contributed by atoms with van der Waals surface area (Å²) in [4.78, 5) is 38.4. The van der Waals surface area contributed by atoms with Crippen molar-refractivity contribution in [2.75, 3.05) is 13.2 Å². The minimum absolute atomic E-state index is 0.0869. The summed E-state index contributed by atoms with van der Waals surface area (Å²) in [5.74, 6) is -0.923. The third-order valence-corrected chi connectivity index (χ3v) is 15.0. The van der Waals surface area contributed by atoms with Crippen molar-refractivity contribution in [1.29, 1.82) is 0 Å². The van der Waals surface area contributed by atoms with E-state index in [2.05, 4.69) is 81.5 Å². The molecule has 0 heterocycles. The molecule has 0 unspecified atom stereocenters. The van der Waals surface area contributed by atoms with Crippen LogP contribution >= 0.6 is 0 Å². The van der Waals surface area contributed by atoms with Gasteiger partial charge in [-0.25, -0.2) is 0 Å². The van der Waals surface area contributed by atoms with Crippen molar-refractivity contribution < 1.29 is 28.6 Å². The van der Waals surface area contributed by atoms with Crippen LogP contribution < -0.4 is 0 Å². The van der Waals surface area contributed by atoms with E-state index in [1.54, 1.807) is 0 Å². The number of hydrogen-bond donors (Lipinski definition) is 0. The highest BCUT2D eigenvalue weighted by atomic mass is 16.6. The molecule has 0 spiro atoms. The van der Waals surface area contributed by atoms with Crippen molar-refractivity contribution in [3.05, 3.63) is 60.8 Å². The molecule has 0 N–H and O–H groups in total. The molecule has 0 aromatic carbocycles. The number of allylic oxidation sites excluding steroid dienone is 10. The molecular formula is C71H128O6. The van der Waals surface area contributed by atoms with Crippen molar-refractivity contribution in [1.82, 2.24) is 0 Å². The number of unbranched alkanes of at least 4 members (excludes halogenated alkanes) is 41. The van der Waals surface area contributed by atoms with Crippen LogP contribution in [0.15, 0.2) is 60.8 Å². The molecule has 0 saturated carbocycles. The standard InChI is InChI=1S/C71H128O6/c1-4-7-10-13-16-19-22-25-28-31-33-35-37-40-43-46-49-52-55-58-61-64-70(73)76-67-68(66-75-69(72)63-60-57-54-51-48-45-42-39-30-27-24-21-18-15-12-9-6-3)77-71(74)65-62-59-56-53-50-47-44-41-38-36-34-32-29-26-23-20-17-14-11-8-5-2/h9,12,18,21,27,30,42,45,51,54,68H,4-8,10-11,13-17,19-20,22-26,28-29,31-41,43-44,46-50,52-53,55-67H2,1-3H3/b12-9-,21-18-,30-27-,45-42-,54-51-/t68-/m1/s1. The summed E-state index contributed by atoms with van der Waals surface area (Å²) >= 11 is 0. The lowest BCUT2D eigenvalue weighted by atomic mass is 10.0. The molecule has 448 valence electrons. The monoisotopic (exact) mass is 1080 g/mol. The molecule has 0 fully saturated rings. The van der Waals surface area contributed by atoms with E-state index in [0.29, 0.717) is 19.3 Å². The maximum atomic E-state index is 12.9.